The number of rotatable bonds is 3. The third-order valence-electron chi connectivity index (χ3n) is 1.98. The molecule has 1 aromatic carbocycles. The minimum atomic E-state index is 0.0306. The highest BCUT2D eigenvalue weighted by molar-refractivity contribution is 7.11. The van der Waals surface area contributed by atoms with Crippen molar-refractivity contribution in [1.82, 2.24) is 4.98 Å². The van der Waals surface area contributed by atoms with Crippen LogP contribution in [0.3, 0.4) is 0 Å². The van der Waals surface area contributed by atoms with Crippen molar-refractivity contribution >= 4 is 17.1 Å². The number of aromatic hydroxyl groups is 1. The molecule has 2 aromatic rings. The fourth-order valence-electron chi connectivity index (χ4n) is 1.29. The number of phenols is 1. The molecule has 1 heterocycles. The van der Waals surface area contributed by atoms with Gasteiger partial charge < -0.3 is 5.11 Å². The first-order chi connectivity index (χ1) is 7.25. The van der Waals surface area contributed by atoms with Crippen LogP contribution in [0.25, 0.3) is 0 Å². The van der Waals surface area contributed by atoms with Crippen LogP contribution in [0, 0.1) is 0 Å². The van der Waals surface area contributed by atoms with Gasteiger partial charge in [0.2, 0.25) is 0 Å². The monoisotopic (exact) mass is 219 g/mol. The van der Waals surface area contributed by atoms with E-state index in [-0.39, 0.29) is 11.5 Å². The molecule has 0 aliphatic heterocycles. The summed E-state index contributed by atoms with van der Waals surface area (Å²) in [6, 6.07) is 6.73. The Balaban J connectivity index is 2.13. The second-order valence-corrected chi connectivity index (χ2v) is 4.02. The number of nitrogens with zero attached hydrogens (tertiary/aromatic N) is 1. The smallest absolute Gasteiger partial charge is 0.178 e. The van der Waals surface area contributed by atoms with Crippen molar-refractivity contribution in [1.29, 1.82) is 0 Å². The van der Waals surface area contributed by atoms with E-state index in [2.05, 4.69) is 4.98 Å². The van der Waals surface area contributed by atoms with Crippen LogP contribution in [0.4, 0.5) is 0 Å². The van der Waals surface area contributed by atoms with Crippen molar-refractivity contribution in [3.63, 3.8) is 0 Å². The minimum Gasteiger partial charge on any atom is -0.508 e. The van der Waals surface area contributed by atoms with E-state index in [0.717, 1.165) is 5.56 Å². The van der Waals surface area contributed by atoms with Gasteiger partial charge in [-0.25, -0.2) is 0 Å². The maximum Gasteiger partial charge on any atom is 0.178 e. The molecule has 0 spiro atoms. The molecular formula is C11H9NO2S. The molecule has 3 nitrogen and oxygen atoms in total. The number of hydrogen-bond donors (Lipinski definition) is 1. The lowest BCUT2D eigenvalue weighted by Crippen LogP contribution is -2.00. The van der Waals surface area contributed by atoms with Gasteiger partial charge in [0.15, 0.2) is 5.78 Å². The summed E-state index contributed by atoms with van der Waals surface area (Å²) in [6.07, 6.45) is 1.87. The normalized spacial score (nSPS) is 10.1. The Morgan fingerprint density at radius 1 is 1.47 bits per heavy atom. The van der Waals surface area contributed by atoms with Gasteiger partial charge in [0.25, 0.3) is 0 Å². The number of hydrogen-bond acceptors (Lipinski definition) is 4. The first-order valence-corrected chi connectivity index (χ1v) is 5.33. The number of aromatic nitrogens is 1. The Morgan fingerprint density at radius 2 is 2.33 bits per heavy atom. The maximum absolute atomic E-state index is 11.7. The highest BCUT2D eigenvalue weighted by atomic mass is 32.1. The number of carbonyl (C=O) groups excluding carboxylic acids is 1. The lowest BCUT2D eigenvalue weighted by molar-refractivity contribution is 0.0996. The van der Waals surface area contributed by atoms with Crippen LogP contribution in [0.5, 0.6) is 5.75 Å². The van der Waals surface area contributed by atoms with Gasteiger partial charge in [-0.2, -0.15) is 0 Å². The Kier molecular flexibility index (Phi) is 2.78. The van der Waals surface area contributed by atoms with Gasteiger partial charge in [-0.05, 0) is 17.7 Å². The van der Waals surface area contributed by atoms with Crippen molar-refractivity contribution in [2.45, 2.75) is 6.42 Å². The molecular weight excluding hydrogens is 210 g/mol. The number of Topliss-reactive ketones (excluding diaryl/α,β-unsaturated/α-hetero) is 1. The van der Waals surface area contributed by atoms with Crippen LogP contribution in [0.2, 0.25) is 0 Å². The minimum absolute atomic E-state index is 0.0306. The second kappa shape index (κ2) is 4.23. The molecule has 0 bridgehead atoms. The van der Waals surface area contributed by atoms with Gasteiger partial charge in [0.1, 0.15) is 5.75 Å². The number of benzene rings is 1. The zero-order chi connectivity index (χ0) is 10.7. The summed E-state index contributed by atoms with van der Waals surface area (Å²) in [7, 11) is 0. The van der Waals surface area contributed by atoms with Crippen LogP contribution in [0.15, 0.2) is 36.0 Å². The molecule has 0 saturated heterocycles. The standard InChI is InChI=1S/C11H9NO2S/c13-9-3-1-2-8(4-9)5-10(14)11-6-12-7-15-11/h1-4,6-7,13H,5H2. The first-order valence-electron chi connectivity index (χ1n) is 4.45. The van der Waals surface area contributed by atoms with E-state index < -0.39 is 0 Å². The van der Waals surface area contributed by atoms with E-state index in [1.165, 1.54) is 11.3 Å². The van der Waals surface area contributed by atoms with Gasteiger partial charge in [-0.15, -0.1) is 11.3 Å². The molecule has 0 amide bonds. The molecule has 0 atom stereocenters. The Hall–Kier alpha value is -1.68. The summed E-state index contributed by atoms with van der Waals surface area (Å²) in [4.78, 5) is 16.2. The topological polar surface area (TPSA) is 50.2 Å². The molecule has 76 valence electrons. The molecule has 0 aliphatic carbocycles. The second-order valence-electron chi connectivity index (χ2n) is 3.14. The molecule has 2 rings (SSSR count). The molecule has 0 saturated carbocycles. The number of thiazole rings is 1. The summed E-state index contributed by atoms with van der Waals surface area (Å²) in [5.41, 5.74) is 2.45. The van der Waals surface area contributed by atoms with Gasteiger partial charge >= 0.3 is 0 Å². The van der Waals surface area contributed by atoms with Crippen molar-refractivity contribution in [2.24, 2.45) is 0 Å². The molecule has 0 fully saturated rings. The molecule has 0 radical (unpaired) electrons. The van der Waals surface area contributed by atoms with Crippen molar-refractivity contribution < 1.29 is 9.90 Å². The van der Waals surface area contributed by atoms with Gasteiger partial charge in [0.05, 0.1) is 10.4 Å². The lowest BCUT2D eigenvalue weighted by atomic mass is 10.1. The number of phenolic OH excluding ortho intramolecular Hbond substituents is 1. The Bertz CT molecular complexity index is 465. The number of ketones is 1. The average Bonchev–Trinajstić information content (AvgIpc) is 2.70. The van der Waals surface area contributed by atoms with E-state index >= 15 is 0 Å². The van der Waals surface area contributed by atoms with Crippen LogP contribution in [-0.2, 0) is 6.42 Å². The predicted molar refractivity (Wildman–Crippen MR) is 58.3 cm³/mol. The van der Waals surface area contributed by atoms with Gasteiger partial charge in [0, 0.05) is 12.6 Å². The quantitative estimate of drug-likeness (QED) is 0.806. The highest BCUT2D eigenvalue weighted by Gasteiger charge is 2.08. The van der Waals surface area contributed by atoms with E-state index in [9.17, 15) is 9.90 Å². The van der Waals surface area contributed by atoms with E-state index in [1.54, 1.807) is 29.9 Å². The van der Waals surface area contributed by atoms with Crippen LogP contribution in [-0.4, -0.2) is 15.9 Å². The third kappa shape index (κ3) is 2.41. The van der Waals surface area contributed by atoms with Crippen molar-refractivity contribution in [3.05, 3.63) is 46.4 Å². The molecule has 0 aliphatic rings. The summed E-state index contributed by atoms with van der Waals surface area (Å²) >= 11 is 1.33. The number of carbonyl (C=O) groups is 1. The van der Waals surface area contributed by atoms with Crippen molar-refractivity contribution in [2.75, 3.05) is 0 Å². The van der Waals surface area contributed by atoms with Crippen LogP contribution in [0.1, 0.15) is 15.2 Å². The van der Waals surface area contributed by atoms with E-state index in [0.29, 0.717) is 11.3 Å². The predicted octanol–water partition coefficient (Wildman–Crippen LogP) is 2.27. The largest absolute Gasteiger partial charge is 0.508 e. The Morgan fingerprint density at radius 3 is 3.00 bits per heavy atom. The Labute approximate surface area is 91.0 Å². The third-order valence-corrected chi connectivity index (χ3v) is 2.80. The summed E-state index contributed by atoms with van der Waals surface area (Å²) < 4.78 is 0. The zero-order valence-electron chi connectivity index (χ0n) is 7.88. The molecule has 1 N–H and O–H groups in total. The molecule has 4 heteroatoms. The molecule has 15 heavy (non-hydrogen) atoms. The van der Waals surface area contributed by atoms with Crippen LogP contribution < -0.4 is 0 Å². The fraction of sp³-hybridized carbons (Fsp3) is 0.0909. The summed E-state index contributed by atoms with van der Waals surface area (Å²) in [5.74, 6) is 0.215. The summed E-state index contributed by atoms with van der Waals surface area (Å²) in [5, 5.41) is 9.24. The van der Waals surface area contributed by atoms with Crippen LogP contribution >= 0.6 is 11.3 Å². The first kappa shape index (κ1) is 9.86. The maximum atomic E-state index is 11.7. The van der Waals surface area contributed by atoms with Crippen molar-refractivity contribution in [3.8, 4) is 5.75 Å². The van der Waals surface area contributed by atoms with E-state index in [1.807, 2.05) is 6.07 Å². The SMILES string of the molecule is O=C(Cc1cccc(O)c1)c1cncs1. The van der Waals surface area contributed by atoms with Gasteiger partial charge in [-0.3, -0.25) is 9.78 Å². The van der Waals surface area contributed by atoms with Gasteiger partial charge in [-0.1, -0.05) is 12.1 Å². The average molecular weight is 219 g/mol. The molecule has 1 aromatic heterocycles. The summed E-state index contributed by atoms with van der Waals surface area (Å²) in [6.45, 7) is 0. The zero-order valence-corrected chi connectivity index (χ0v) is 8.70. The molecule has 0 unspecified atom stereocenters. The highest BCUT2D eigenvalue weighted by Crippen LogP contribution is 2.15. The fourth-order valence-corrected chi connectivity index (χ4v) is 1.85. The van der Waals surface area contributed by atoms with E-state index in [4.69, 9.17) is 0 Å². The lowest BCUT2D eigenvalue weighted by Gasteiger charge is -1.99.